The molecular weight excluding hydrogens is 165 g/mol. The zero-order valence-corrected chi connectivity index (χ0v) is 7.84. The second-order valence-electron chi connectivity index (χ2n) is 3.51. The third-order valence-corrected chi connectivity index (χ3v) is 1.82. The maximum absolute atomic E-state index is 12.8. The lowest BCUT2D eigenvalue weighted by molar-refractivity contribution is 0.612. The standard InChI is InChI=1S/C11H12FN/c1-8(2)5-10-6-11(12)4-3-9(10)7-13/h3-4,6,8H,5H2,1-2H3. The molecule has 0 aliphatic rings. The van der Waals surface area contributed by atoms with E-state index in [1.165, 1.54) is 18.2 Å². The van der Waals surface area contributed by atoms with Crippen LogP contribution in [0, 0.1) is 23.1 Å². The van der Waals surface area contributed by atoms with Gasteiger partial charge in [-0.1, -0.05) is 13.8 Å². The number of benzene rings is 1. The van der Waals surface area contributed by atoms with Crippen LogP contribution in [0.25, 0.3) is 0 Å². The lowest BCUT2D eigenvalue weighted by Gasteiger charge is -2.06. The average molecular weight is 177 g/mol. The van der Waals surface area contributed by atoms with Crippen molar-refractivity contribution in [3.8, 4) is 6.07 Å². The van der Waals surface area contributed by atoms with Crippen LogP contribution in [0.1, 0.15) is 25.0 Å². The Hall–Kier alpha value is -1.36. The van der Waals surface area contributed by atoms with E-state index in [-0.39, 0.29) is 5.82 Å². The van der Waals surface area contributed by atoms with Gasteiger partial charge in [0.15, 0.2) is 0 Å². The topological polar surface area (TPSA) is 23.8 Å². The van der Waals surface area contributed by atoms with Gasteiger partial charge in [0, 0.05) is 0 Å². The maximum atomic E-state index is 12.8. The van der Waals surface area contributed by atoms with Gasteiger partial charge in [0.25, 0.3) is 0 Å². The third kappa shape index (κ3) is 2.55. The van der Waals surface area contributed by atoms with E-state index >= 15 is 0 Å². The Bertz CT molecular complexity index is 336. The summed E-state index contributed by atoms with van der Waals surface area (Å²) in [5, 5.41) is 8.75. The van der Waals surface area contributed by atoms with Gasteiger partial charge < -0.3 is 0 Å². The highest BCUT2D eigenvalue weighted by molar-refractivity contribution is 5.37. The summed E-state index contributed by atoms with van der Waals surface area (Å²) in [5.41, 5.74) is 1.38. The van der Waals surface area contributed by atoms with Crippen LogP contribution in [0.5, 0.6) is 0 Å². The Balaban J connectivity index is 3.03. The summed E-state index contributed by atoms with van der Waals surface area (Å²) in [4.78, 5) is 0. The first-order valence-electron chi connectivity index (χ1n) is 4.32. The van der Waals surface area contributed by atoms with Crippen molar-refractivity contribution in [3.63, 3.8) is 0 Å². The minimum absolute atomic E-state index is 0.269. The molecule has 0 heterocycles. The molecule has 2 heteroatoms. The maximum Gasteiger partial charge on any atom is 0.123 e. The molecule has 13 heavy (non-hydrogen) atoms. The molecular formula is C11H12FN. The molecule has 0 atom stereocenters. The van der Waals surface area contributed by atoms with E-state index in [9.17, 15) is 4.39 Å². The molecule has 1 aromatic rings. The monoisotopic (exact) mass is 177 g/mol. The third-order valence-electron chi connectivity index (χ3n) is 1.82. The number of nitrogens with zero attached hydrogens (tertiary/aromatic N) is 1. The Morgan fingerprint density at radius 3 is 2.69 bits per heavy atom. The van der Waals surface area contributed by atoms with Crippen LogP contribution in [0.15, 0.2) is 18.2 Å². The van der Waals surface area contributed by atoms with Gasteiger partial charge in [0.2, 0.25) is 0 Å². The van der Waals surface area contributed by atoms with Crippen molar-refractivity contribution in [2.45, 2.75) is 20.3 Å². The zero-order chi connectivity index (χ0) is 9.84. The smallest absolute Gasteiger partial charge is 0.123 e. The summed E-state index contributed by atoms with van der Waals surface area (Å²) in [7, 11) is 0. The summed E-state index contributed by atoms with van der Waals surface area (Å²) in [6.45, 7) is 4.10. The Morgan fingerprint density at radius 2 is 2.15 bits per heavy atom. The van der Waals surface area contributed by atoms with E-state index in [0.717, 1.165) is 12.0 Å². The van der Waals surface area contributed by atoms with Crippen LogP contribution in [-0.2, 0) is 6.42 Å². The highest BCUT2D eigenvalue weighted by atomic mass is 19.1. The summed E-state index contributed by atoms with van der Waals surface area (Å²) >= 11 is 0. The minimum Gasteiger partial charge on any atom is -0.207 e. The molecule has 0 unspecified atom stereocenters. The van der Waals surface area contributed by atoms with E-state index in [1.54, 1.807) is 0 Å². The van der Waals surface area contributed by atoms with Crippen LogP contribution in [-0.4, -0.2) is 0 Å². The Morgan fingerprint density at radius 1 is 1.46 bits per heavy atom. The Kier molecular flexibility index (Phi) is 3.02. The average Bonchev–Trinajstić information content (AvgIpc) is 2.03. The van der Waals surface area contributed by atoms with E-state index in [1.807, 2.05) is 13.8 Å². The number of rotatable bonds is 2. The van der Waals surface area contributed by atoms with Gasteiger partial charge in [-0.2, -0.15) is 5.26 Å². The predicted octanol–water partition coefficient (Wildman–Crippen LogP) is 2.90. The van der Waals surface area contributed by atoms with Crippen LogP contribution in [0.2, 0.25) is 0 Å². The second-order valence-corrected chi connectivity index (χ2v) is 3.51. The van der Waals surface area contributed by atoms with Crippen molar-refractivity contribution in [2.24, 2.45) is 5.92 Å². The largest absolute Gasteiger partial charge is 0.207 e. The molecule has 0 saturated carbocycles. The van der Waals surface area contributed by atoms with Gasteiger partial charge in [-0.3, -0.25) is 0 Å². The molecule has 0 aliphatic carbocycles. The molecule has 0 amide bonds. The fraction of sp³-hybridized carbons (Fsp3) is 0.364. The van der Waals surface area contributed by atoms with Crippen LogP contribution in [0.4, 0.5) is 4.39 Å². The first kappa shape index (κ1) is 9.73. The summed E-state index contributed by atoms with van der Waals surface area (Å²) in [6, 6.07) is 6.36. The number of nitriles is 1. The van der Waals surface area contributed by atoms with Gasteiger partial charge in [-0.05, 0) is 36.1 Å². The molecule has 0 radical (unpaired) electrons. The molecule has 68 valence electrons. The van der Waals surface area contributed by atoms with Crippen LogP contribution in [0.3, 0.4) is 0 Å². The van der Waals surface area contributed by atoms with Crippen molar-refractivity contribution in [2.75, 3.05) is 0 Å². The molecule has 1 rings (SSSR count). The highest BCUT2D eigenvalue weighted by Gasteiger charge is 2.05. The number of hydrogen-bond acceptors (Lipinski definition) is 1. The van der Waals surface area contributed by atoms with E-state index in [2.05, 4.69) is 6.07 Å². The predicted molar refractivity (Wildman–Crippen MR) is 49.7 cm³/mol. The Labute approximate surface area is 77.8 Å². The van der Waals surface area contributed by atoms with Crippen molar-refractivity contribution in [3.05, 3.63) is 35.1 Å². The van der Waals surface area contributed by atoms with Crippen molar-refractivity contribution in [1.82, 2.24) is 0 Å². The quantitative estimate of drug-likeness (QED) is 0.681. The lowest BCUT2D eigenvalue weighted by Crippen LogP contribution is -1.97. The van der Waals surface area contributed by atoms with Gasteiger partial charge in [-0.25, -0.2) is 4.39 Å². The molecule has 0 N–H and O–H groups in total. The number of halogens is 1. The van der Waals surface area contributed by atoms with Gasteiger partial charge in [0.05, 0.1) is 11.6 Å². The molecule has 0 aromatic heterocycles. The van der Waals surface area contributed by atoms with Crippen molar-refractivity contribution >= 4 is 0 Å². The second kappa shape index (κ2) is 4.04. The SMILES string of the molecule is CC(C)Cc1cc(F)ccc1C#N. The van der Waals surface area contributed by atoms with Gasteiger partial charge in [0.1, 0.15) is 5.82 Å². The highest BCUT2D eigenvalue weighted by Crippen LogP contribution is 2.14. The first-order valence-corrected chi connectivity index (χ1v) is 4.32. The van der Waals surface area contributed by atoms with E-state index in [0.29, 0.717) is 11.5 Å². The number of hydrogen-bond donors (Lipinski definition) is 0. The zero-order valence-electron chi connectivity index (χ0n) is 7.84. The van der Waals surface area contributed by atoms with Gasteiger partial charge >= 0.3 is 0 Å². The van der Waals surface area contributed by atoms with Crippen molar-refractivity contribution < 1.29 is 4.39 Å². The van der Waals surface area contributed by atoms with Crippen LogP contribution < -0.4 is 0 Å². The van der Waals surface area contributed by atoms with Crippen LogP contribution >= 0.6 is 0 Å². The molecule has 1 nitrogen and oxygen atoms in total. The molecule has 0 aliphatic heterocycles. The minimum atomic E-state index is -0.269. The fourth-order valence-corrected chi connectivity index (χ4v) is 1.28. The summed E-state index contributed by atoms with van der Waals surface area (Å²) < 4.78 is 12.8. The summed E-state index contributed by atoms with van der Waals surface area (Å²) in [6.07, 6.45) is 0.751. The molecule has 0 fully saturated rings. The molecule has 1 aromatic carbocycles. The summed E-state index contributed by atoms with van der Waals surface area (Å²) in [5.74, 6) is 0.170. The van der Waals surface area contributed by atoms with Crippen molar-refractivity contribution in [1.29, 1.82) is 5.26 Å². The molecule has 0 spiro atoms. The molecule has 0 bridgehead atoms. The van der Waals surface area contributed by atoms with E-state index < -0.39 is 0 Å². The lowest BCUT2D eigenvalue weighted by atomic mass is 9.98. The first-order chi connectivity index (χ1) is 6.13. The fourth-order valence-electron chi connectivity index (χ4n) is 1.28. The molecule has 0 saturated heterocycles. The normalized spacial score (nSPS) is 10.1. The van der Waals surface area contributed by atoms with Gasteiger partial charge in [-0.15, -0.1) is 0 Å². The van der Waals surface area contributed by atoms with E-state index in [4.69, 9.17) is 5.26 Å².